The average molecular weight is 251 g/mol. The van der Waals surface area contributed by atoms with Crippen LogP contribution in [0.4, 0.5) is 0 Å². The van der Waals surface area contributed by atoms with Gasteiger partial charge < -0.3 is 4.90 Å². The molecule has 0 atom stereocenters. The van der Waals surface area contributed by atoms with Crippen LogP contribution in [0, 0.1) is 5.41 Å². The molecule has 1 nitrogen and oxygen atoms in total. The summed E-state index contributed by atoms with van der Waals surface area (Å²) in [7, 11) is 2.25. The molecule has 0 aromatic rings. The van der Waals surface area contributed by atoms with Gasteiger partial charge in [-0.05, 0) is 37.2 Å². The molecule has 1 aliphatic rings. The van der Waals surface area contributed by atoms with E-state index < -0.39 is 0 Å². The number of hydrogen-bond donors (Lipinski definition) is 0. The van der Waals surface area contributed by atoms with Crippen molar-refractivity contribution < 1.29 is 0 Å². The van der Waals surface area contributed by atoms with Crippen LogP contribution < -0.4 is 0 Å². The van der Waals surface area contributed by atoms with Gasteiger partial charge in [0.05, 0.1) is 0 Å². The van der Waals surface area contributed by atoms with Crippen LogP contribution in [-0.2, 0) is 0 Å². The van der Waals surface area contributed by atoms with E-state index in [1.54, 1.807) is 11.3 Å². The molecule has 0 saturated heterocycles. The zero-order chi connectivity index (χ0) is 14.2. The van der Waals surface area contributed by atoms with Crippen molar-refractivity contribution in [2.75, 3.05) is 13.6 Å². The smallest absolute Gasteiger partial charge is 0.0172 e. The minimum Gasteiger partial charge on any atom is -0.378 e. The fourth-order valence-electron chi connectivity index (χ4n) is 2.67. The Morgan fingerprint density at radius 1 is 1.28 bits per heavy atom. The Balaban J connectivity index is 0.00000137. The maximum Gasteiger partial charge on any atom is 0.0172 e. The Morgan fingerprint density at radius 3 is 2.39 bits per heavy atom. The zero-order valence-electron chi connectivity index (χ0n) is 13.6. The second-order valence-electron chi connectivity index (χ2n) is 5.52. The largest absolute Gasteiger partial charge is 0.378 e. The molecule has 0 aromatic carbocycles. The quantitative estimate of drug-likeness (QED) is 0.649. The standard InChI is InChI=1S/C15H27N.C2H6/c1-6-9-13-14(10-7-2)16(5)12-8-11-15(13,3)4;1-2/h6,9H,7-8,10-12H2,1-5H3;1-2H3/b9-6-;. The van der Waals surface area contributed by atoms with Crippen molar-refractivity contribution in [1.82, 2.24) is 4.90 Å². The van der Waals surface area contributed by atoms with Crippen LogP contribution in [0.3, 0.4) is 0 Å². The van der Waals surface area contributed by atoms with E-state index in [-0.39, 0.29) is 0 Å². The van der Waals surface area contributed by atoms with E-state index >= 15 is 0 Å². The zero-order valence-corrected chi connectivity index (χ0v) is 13.6. The van der Waals surface area contributed by atoms with E-state index in [0.29, 0.717) is 5.41 Å². The first-order chi connectivity index (χ1) is 8.53. The summed E-state index contributed by atoms with van der Waals surface area (Å²) in [5, 5.41) is 0. The third kappa shape index (κ3) is 4.51. The molecule has 0 fully saturated rings. The molecule has 1 heteroatoms. The van der Waals surface area contributed by atoms with Crippen molar-refractivity contribution in [3.8, 4) is 0 Å². The lowest BCUT2D eigenvalue weighted by molar-refractivity contribution is 0.381. The van der Waals surface area contributed by atoms with Crippen LogP contribution in [0.1, 0.15) is 67.2 Å². The third-order valence-corrected chi connectivity index (χ3v) is 3.62. The molecule has 18 heavy (non-hydrogen) atoms. The summed E-state index contributed by atoms with van der Waals surface area (Å²) in [5.74, 6) is 0. The van der Waals surface area contributed by atoms with E-state index in [1.165, 1.54) is 32.2 Å². The van der Waals surface area contributed by atoms with Crippen molar-refractivity contribution >= 4 is 0 Å². The SMILES string of the molecule is C/C=C\C1=C(CCC)N(C)CCCC1(C)C.CC. The van der Waals surface area contributed by atoms with Crippen LogP contribution in [0.2, 0.25) is 0 Å². The Bertz CT molecular complexity index is 284. The van der Waals surface area contributed by atoms with Gasteiger partial charge in [0.15, 0.2) is 0 Å². The number of allylic oxidation sites excluding steroid dienone is 4. The predicted molar refractivity (Wildman–Crippen MR) is 83.7 cm³/mol. The van der Waals surface area contributed by atoms with E-state index in [9.17, 15) is 0 Å². The van der Waals surface area contributed by atoms with Gasteiger partial charge in [0.2, 0.25) is 0 Å². The molecule has 0 aliphatic carbocycles. The van der Waals surface area contributed by atoms with E-state index in [0.717, 1.165) is 0 Å². The van der Waals surface area contributed by atoms with Gasteiger partial charge >= 0.3 is 0 Å². The summed E-state index contributed by atoms with van der Waals surface area (Å²) in [4.78, 5) is 2.47. The molecule has 0 spiro atoms. The summed E-state index contributed by atoms with van der Waals surface area (Å²) < 4.78 is 0. The molecule has 1 heterocycles. The predicted octanol–water partition coefficient (Wildman–Crippen LogP) is 5.39. The van der Waals surface area contributed by atoms with Gasteiger partial charge in [0.1, 0.15) is 0 Å². The molecule has 0 aromatic heterocycles. The van der Waals surface area contributed by atoms with Crippen LogP contribution in [0.5, 0.6) is 0 Å². The highest BCUT2D eigenvalue weighted by atomic mass is 15.1. The lowest BCUT2D eigenvalue weighted by Crippen LogP contribution is -2.20. The highest BCUT2D eigenvalue weighted by Crippen LogP contribution is 2.39. The lowest BCUT2D eigenvalue weighted by Gasteiger charge is -2.28. The third-order valence-electron chi connectivity index (χ3n) is 3.62. The second kappa shape index (κ2) is 8.39. The molecule has 1 aliphatic heterocycles. The molecule has 1 rings (SSSR count). The van der Waals surface area contributed by atoms with Crippen molar-refractivity contribution in [2.24, 2.45) is 5.41 Å². The van der Waals surface area contributed by atoms with Crippen molar-refractivity contribution in [1.29, 1.82) is 0 Å². The van der Waals surface area contributed by atoms with Crippen LogP contribution >= 0.6 is 0 Å². The van der Waals surface area contributed by atoms with Crippen molar-refractivity contribution in [3.63, 3.8) is 0 Å². The monoisotopic (exact) mass is 251 g/mol. The first kappa shape index (κ1) is 17.3. The molecule has 0 unspecified atom stereocenters. The molecule has 0 radical (unpaired) electrons. The number of nitrogens with zero attached hydrogens (tertiary/aromatic N) is 1. The molecule has 106 valence electrons. The normalized spacial score (nSPS) is 19.6. The van der Waals surface area contributed by atoms with Gasteiger partial charge in [-0.1, -0.05) is 53.2 Å². The molecule has 0 bridgehead atoms. The highest BCUT2D eigenvalue weighted by Gasteiger charge is 2.28. The Kier molecular flexibility index (Phi) is 8.06. The maximum atomic E-state index is 2.47. The minimum atomic E-state index is 0.335. The topological polar surface area (TPSA) is 3.24 Å². The maximum absolute atomic E-state index is 2.47. The number of rotatable bonds is 3. The van der Waals surface area contributed by atoms with Crippen LogP contribution in [0.25, 0.3) is 0 Å². The van der Waals surface area contributed by atoms with E-state index in [4.69, 9.17) is 0 Å². The first-order valence-corrected chi connectivity index (χ1v) is 7.60. The molecular formula is C17H33N. The fraction of sp³-hybridized carbons (Fsp3) is 0.765. The lowest BCUT2D eigenvalue weighted by atomic mass is 9.79. The van der Waals surface area contributed by atoms with Crippen LogP contribution in [-0.4, -0.2) is 18.5 Å². The van der Waals surface area contributed by atoms with Gasteiger partial charge in [-0.15, -0.1) is 0 Å². The second-order valence-corrected chi connectivity index (χ2v) is 5.52. The van der Waals surface area contributed by atoms with Gasteiger partial charge in [-0.3, -0.25) is 0 Å². The fourth-order valence-corrected chi connectivity index (χ4v) is 2.67. The van der Waals surface area contributed by atoms with E-state index in [1.807, 2.05) is 13.8 Å². The Hall–Kier alpha value is -0.720. The van der Waals surface area contributed by atoms with Gasteiger partial charge in [-0.2, -0.15) is 0 Å². The number of hydrogen-bond acceptors (Lipinski definition) is 1. The molecule has 0 amide bonds. The van der Waals surface area contributed by atoms with Crippen molar-refractivity contribution in [2.45, 2.75) is 67.2 Å². The van der Waals surface area contributed by atoms with Crippen molar-refractivity contribution in [3.05, 3.63) is 23.4 Å². The van der Waals surface area contributed by atoms with Gasteiger partial charge in [-0.25, -0.2) is 0 Å². The highest BCUT2D eigenvalue weighted by molar-refractivity contribution is 5.31. The Labute approximate surface area is 115 Å². The summed E-state index contributed by atoms with van der Waals surface area (Å²) in [6, 6.07) is 0. The summed E-state index contributed by atoms with van der Waals surface area (Å²) in [6.45, 7) is 14.4. The molecule has 0 N–H and O–H groups in total. The van der Waals surface area contributed by atoms with Crippen LogP contribution in [0.15, 0.2) is 23.4 Å². The van der Waals surface area contributed by atoms with Gasteiger partial charge in [0.25, 0.3) is 0 Å². The molecule has 0 saturated carbocycles. The first-order valence-electron chi connectivity index (χ1n) is 7.60. The Morgan fingerprint density at radius 2 is 1.89 bits per heavy atom. The van der Waals surface area contributed by atoms with E-state index in [2.05, 4.69) is 51.8 Å². The average Bonchev–Trinajstić information content (AvgIpc) is 2.44. The van der Waals surface area contributed by atoms with Gasteiger partial charge in [0, 0.05) is 19.3 Å². The summed E-state index contributed by atoms with van der Waals surface area (Å²) >= 11 is 0. The minimum absolute atomic E-state index is 0.335. The molecular weight excluding hydrogens is 218 g/mol. The summed E-state index contributed by atoms with van der Waals surface area (Å²) in [6.07, 6.45) is 9.55. The summed E-state index contributed by atoms with van der Waals surface area (Å²) in [5.41, 5.74) is 3.45.